The number of phenolic OH excluding ortho intramolecular Hbond substituents is 1. The summed E-state index contributed by atoms with van der Waals surface area (Å²) >= 11 is 0. The number of benzene rings is 2. The van der Waals surface area contributed by atoms with E-state index in [4.69, 9.17) is 0 Å². The van der Waals surface area contributed by atoms with Gasteiger partial charge in [0, 0.05) is 0 Å². The largest absolute Gasteiger partial charge is 0.508 e. The zero-order chi connectivity index (χ0) is 20.1. The van der Waals surface area contributed by atoms with Crippen molar-refractivity contribution in [2.75, 3.05) is 0 Å². The molecule has 2 fully saturated rings. The van der Waals surface area contributed by atoms with Crippen LogP contribution in [0.3, 0.4) is 0 Å². The zero-order valence-corrected chi connectivity index (χ0v) is 18.4. The highest BCUT2D eigenvalue weighted by Gasteiger charge is 2.31. The highest BCUT2D eigenvalue weighted by atomic mass is 16.3. The average molecular weight is 393 g/mol. The quantitative estimate of drug-likeness (QED) is 0.468. The van der Waals surface area contributed by atoms with Gasteiger partial charge < -0.3 is 5.11 Å². The molecule has 0 unspecified atom stereocenters. The third-order valence-corrected chi connectivity index (χ3v) is 8.12. The van der Waals surface area contributed by atoms with Crippen LogP contribution in [0.15, 0.2) is 36.4 Å². The Balaban J connectivity index is 1.24. The fourth-order valence-corrected chi connectivity index (χ4v) is 6.24. The molecule has 29 heavy (non-hydrogen) atoms. The molecule has 0 spiro atoms. The van der Waals surface area contributed by atoms with Crippen LogP contribution in [-0.4, -0.2) is 5.11 Å². The molecule has 2 aliphatic rings. The lowest BCUT2D eigenvalue weighted by Gasteiger charge is -2.38. The smallest absolute Gasteiger partial charge is 0.116 e. The van der Waals surface area contributed by atoms with Crippen LogP contribution in [0.1, 0.15) is 102 Å². The second-order valence-electron chi connectivity index (χ2n) is 10.0. The summed E-state index contributed by atoms with van der Waals surface area (Å²) in [6.45, 7) is 2.31. The standard InChI is InChI=1S/C28H40O/c1-2-3-4-5-6-21-7-9-22(10-8-21)23-11-13-24(14-12-23)25-15-16-27-20-28(29)18-17-26(27)19-25/h15-24,29H,2-14H2,1H3. The molecule has 1 N–H and O–H groups in total. The number of hydrogen-bond acceptors (Lipinski definition) is 1. The first-order chi connectivity index (χ1) is 14.2. The third kappa shape index (κ3) is 5.36. The predicted molar refractivity (Wildman–Crippen MR) is 125 cm³/mol. The van der Waals surface area contributed by atoms with Crippen molar-refractivity contribution in [1.82, 2.24) is 0 Å². The minimum Gasteiger partial charge on any atom is -0.508 e. The Morgan fingerprint density at radius 3 is 2.10 bits per heavy atom. The van der Waals surface area contributed by atoms with Crippen LogP contribution in [0.4, 0.5) is 0 Å². The van der Waals surface area contributed by atoms with Gasteiger partial charge >= 0.3 is 0 Å². The number of hydrogen-bond donors (Lipinski definition) is 1. The molecule has 0 aliphatic heterocycles. The van der Waals surface area contributed by atoms with Gasteiger partial charge in [-0.05, 0) is 90.7 Å². The fourth-order valence-electron chi connectivity index (χ4n) is 6.24. The maximum absolute atomic E-state index is 9.68. The summed E-state index contributed by atoms with van der Waals surface area (Å²) in [4.78, 5) is 0. The van der Waals surface area contributed by atoms with Crippen molar-refractivity contribution in [2.24, 2.45) is 17.8 Å². The van der Waals surface area contributed by atoms with Crippen molar-refractivity contribution in [3.05, 3.63) is 42.0 Å². The fraction of sp³-hybridized carbons (Fsp3) is 0.643. The zero-order valence-electron chi connectivity index (χ0n) is 18.4. The summed E-state index contributed by atoms with van der Waals surface area (Å²) in [7, 11) is 0. The van der Waals surface area contributed by atoms with Gasteiger partial charge in [0.15, 0.2) is 0 Å². The lowest BCUT2D eigenvalue weighted by atomic mass is 9.68. The summed E-state index contributed by atoms with van der Waals surface area (Å²) in [6.07, 6.45) is 18.8. The number of rotatable bonds is 7. The van der Waals surface area contributed by atoms with E-state index in [-0.39, 0.29) is 0 Å². The molecule has 0 saturated heterocycles. The minimum absolute atomic E-state index is 0.362. The Morgan fingerprint density at radius 1 is 0.724 bits per heavy atom. The first kappa shape index (κ1) is 20.8. The lowest BCUT2D eigenvalue weighted by Crippen LogP contribution is -2.25. The summed E-state index contributed by atoms with van der Waals surface area (Å²) in [5.41, 5.74) is 1.51. The van der Waals surface area contributed by atoms with Gasteiger partial charge in [0.05, 0.1) is 0 Å². The van der Waals surface area contributed by atoms with E-state index in [1.54, 1.807) is 0 Å². The van der Waals surface area contributed by atoms with Crippen LogP contribution in [0, 0.1) is 17.8 Å². The summed E-state index contributed by atoms with van der Waals surface area (Å²) in [5.74, 6) is 4.14. The van der Waals surface area contributed by atoms with E-state index >= 15 is 0 Å². The molecule has 0 heterocycles. The molecule has 2 saturated carbocycles. The van der Waals surface area contributed by atoms with Gasteiger partial charge in [-0.3, -0.25) is 0 Å². The second kappa shape index (κ2) is 10.0. The van der Waals surface area contributed by atoms with E-state index in [0.29, 0.717) is 5.75 Å². The minimum atomic E-state index is 0.362. The molecule has 1 nitrogen and oxygen atoms in total. The molecule has 158 valence electrons. The third-order valence-electron chi connectivity index (χ3n) is 8.12. The normalized spacial score (nSPS) is 27.9. The number of fused-ring (bicyclic) bond motifs is 1. The van der Waals surface area contributed by atoms with Crippen LogP contribution in [0.2, 0.25) is 0 Å². The van der Waals surface area contributed by atoms with E-state index in [0.717, 1.165) is 29.1 Å². The van der Waals surface area contributed by atoms with Crippen molar-refractivity contribution >= 4 is 10.8 Å². The van der Waals surface area contributed by atoms with Crippen LogP contribution in [0.25, 0.3) is 10.8 Å². The molecule has 1 heteroatoms. The first-order valence-corrected chi connectivity index (χ1v) is 12.5. The Kier molecular flexibility index (Phi) is 7.16. The van der Waals surface area contributed by atoms with Gasteiger partial charge in [0.2, 0.25) is 0 Å². The van der Waals surface area contributed by atoms with Crippen LogP contribution in [-0.2, 0) is 0 Å². The molecule has 2 aromatic rings. The maximum atomic E-state index is 9.68. The highest BCUT2D eigenvalue weighted by Crippen LogP contribution is 2.44. The van der Waals surface area contributed by atoms with Crippen LogP contribution < -0.4 is 0 Å². The molecule has 4 rings (SSSR count). The van der Waals surface area contributed by atoms with Crippen molar-refractivity contribution in [3.8, 4) is 5.75 Å². The topological polar surface area (TPSA) is 20.2 Å². The highest BCUT2D eigenvalue weighted by molar-refractivity contribution is 5.84. The Labute approximate surface area is 177 Å². The molecule has 0 radical (unpaired) electrons. The predicted octanol–water partition coefficient (Wildman–Crippen LogP) is 8.60. The molecular formula is C28H40O. The van der Waals surface area contributed by atoms with Crippen molar-refractivity contribution in [2.45, 2.75) is 96.3 Å². The van der Waals surface area contributed by atoms with Gasteiger partial charge in [-0.2, -0.15) is 0 Å². The van der Waals surface area contributed by atoms with E-state index in [1.807, 2.05) is 12.1 Å². The first-order valence-electron chi connectivity index (χ1n) is 12.5. The summed E-state index contributed by atoms with van der Waals surface area (Å²) in [5, 5.41) is 12.1. The van der Waals surface area contributed by atoms with Crippen molar-refractivity contribution < 1.29 is 5.11 Å². The number of unbranched alkanes of at least 4 members (excludes halogenated alkanes) is 3. The van der Waals surface area contributed by atoms with Gasteiger partial charge in [0.25, 0.3) is 0 Å². The Bertz CT molecular complexity index is 763. The maximum Gasteiger partial charge on any atom is 0.116 e. The van der Waals surface area contributed by atoms with Gasteiger partial charge in [-0.15, -0.1) is 0 Å². The summed E-state index contributed by atoms with van der Waals surface area (Å²) in [6, 6.07) is 12.6. The van der Waals surface area contributed by atoms with E-state index < -0.39 is 0 Å². The molecule has 2 aromatic carbocycles. The van der Waals surface area contributed by atoms with Gasteiger partial charge in [0.1, 0.15) is 5.75 Å². The molecule has 0 aromatic heterocycles. The van der Waals surface area contributed by atoms with E-state index in [9.17, 15) is 5.11 Å². The molecule has 0 amide bonds. The average Bonchev–Trinajstić information content (AvgIpc) is 2.77. The molecule has 0 atom stereocenters. The van der Waals surface area contributed by atoms with Crippen LogP contribution >= 0.6 is 0 Å². The lowest BCUT2D eigenvalue weighted by molar-refractivity contribution is 0.155. The van der Waals surface area contributed by atoms with Crippen molar-refractivity contribution in [1.29, 1.82) is 0 Å². The van der Waals surface area contributed by atoms with Gasteiger partial charge in [-0.25, -0.2) is 0 Å². The Hall–Kier alpha value is -1.50. The van der Waals surface area contributed by atoms with Gasteiger partial charge in [-0.1, -0.05) is 76.1 Å². The second-order valence-corrected chi connectivity index (χ2v) is 10.0. The number of phenols is 1. The summed E-state index contributed by atoms with van der Waals surface area (Å²) < 4.78 is 0. The molecular weight excluding hydrogens is 352 g/mol. The van der Waals surface area contributed by atoms with E-state index in [1.165, 1.54) is 94.4 Å². The SMILES string of the molecule is CCCCCCC1CCC(C2CCC(c3ccc4cc(O)ccc4c3)CC2)CC1. The number of aromatic hydroxyl groups is 1. The monoisotopic (exact) mass is 392 g/mol. The molecule has 2 aliphatic carbocycles. The Morgan fingerprint density at radius 2 is 1.38 bits per heavy atom. The van der Waals surface area contributed by atoms with Crippen molar-refractivity contribution in [3.63, 3.8) is 0 Å². The molecule has 0 bridgehead atoms. The van der Waals surface area contributed by atoms with Crippen LogP contribution in [0.5, 0.6) is 5.75 Å². The van der Waals surface area contributed by atoms with E-state index in [2.05, 4.69) is 31.2 Å².